The van der Waals surface area contributed by atoms with Crippen molar-refractivity contribution in [2.75, 3.05) is 6.54 Å². The molecule has 0 fully saturated rings. The number of nitrogens with one attached hydrogen (secondary N) is 1. The molecular formula is C12H22N4O. The van der Waals surface area contributed by atoms with Gasteiger partial charge in [0, 0.05) is 25.3 Å². The van der Waals surface area contributed by atoms with Gasteiger partial charge in [0.25, 0.3) is 5.91 Å². The number of aromatic nitrogens is 2. The summed E-state index contributed by atoms with van der Waals surface area (Å²) in [5, 5.41) is 2.96. The monoisotopic (exact) mass is 238 g/mol. The minimum Gasteiger partial charge on any atom is -0.348 e. The highest BCUT2D eigenvalue weighted by atomic mass is 16.1. The number of carbonyl (C=O) groups is 1. The maximum absolute atomic E-state index is 11.9. The van der Waals surface area contributed by atoms with Crippen LogP contribution in [-0.4, -0.2) is 28.0 Å². The zero-order valence-electron chi connectivity index (χ0n) is 10.8. The number of amides is 1. The van der Waals surface area contributed by atoms with E-state index in [9.17, 15) is 4.79 Å². The molecule has 1 aromatic rings. The van der Waals surface area contributed by atoms with E-state index in [2.05, 4.69) is 24.1 Å². The van der Waals surface area contributed by atoms with Gasteiger partial charge < -0.3 is 15.6 Å². The Morgan fingerprint density at radius 1 is 1.59 bits per heavy atom. The smallest absolute Gasteiger partial charge is 0.271 e. The fourth-order valence-electron chi connectivity index (χ4n) is 1.53. The first-order chi connectivity index (χ1) is 8.08. The summed E-state index contributed by atoms with van der Waals surface area (Å²) in [6.45, 7) is 7.48. The normalized spacial score (nSPS) is 14.4. The third kappa shape index (κ3) is 3.85. The van der Waals surface area contributed by atoms with E-state index >= 15 is 0 Å². The number of hydrogen-bond acceptors (Lipinski definition) is 3. The van der Waals surface area contributed by atoms with Gasteiger partial charge in [-0.3, -0.25) is 4.79 Å². The van der Waals surface area contributed by atoms with Gasteiger partial charge in [-0.25, -0.2) is 4.98 Å². The second-order valence-corrected chi connectivity index (χ2v) is 4.43. The lowest BCUT2D eigenvalue weighted by molar-refractivity contribution is 0.0923. The molecule has 96 valence electrons. The first kappa shape index (κ1) is 13.7. The summed E-state index contributed by atoms with van der Waals surface area (Å²) < 4.78 is 1.82. The summed E-state index contributed by atoms with van der Waals surface area (Å²) >= 11 is 0. The fourth-order valence-corrected chi connectivity index (χ4v) is 1.53. The van der Waals surface area contributed by atoms with Crippen LogP contribution < -0.4 is 11.1 Å². The Bertz CT molecular complexity index is 361. The van der Waals surface area contributed by atoms with E-state index in [-0.39, 0.29) is 11.9 Å². The van der Waals surface area contributed by atoms with E-state index in [1.54, 1.807) is 12.5 Å². The maximum Gasteiger partial charge on any atom is 0.271 e. The molecule has 5 heteroatoms. The number of hydrogen-bond donors (Lipinski definition) is 2. The van der Waals surface area contributed by atoms with Gasteiger partial charge in [-0.1, -0.05) is 20.3 Å². The summed E-state index contributed by atoms with van der Waals surface area (Å²) in [7, 11) is 0. The van der Waals surface area contributed by atoms with Crippen LogP contribution in [-0.2, 0) is 6.54 Å². The first-order valence-corrected chi connectivity index (χ1v) is 6.11. The van der Waals surface area contributed by atoms with Crippen molar-refractivity contribution in [3.8, 4) is 0 Å². The third-order valence-electron chi connectivity index (χ3n) is 3.11. The molecule has 0 spiro atoms. The van der Waals surface area contributed by atoms with Crippen LogP contribution in [0.1, 0.15) is 37.7 Å². The highest BCUT2D eigenvalue weighted by Crippen LogP contribution is 2.07. The van der Waals surface area contributed by atoms with Crippen LogP contribution in [0.5, 0.6) is 0 Å². The lowest BCUT2D eigenvalue weighted by Crippen LogP contribution is -2.37. The summed E-state index contributed by atoms with van der Waals surface area (Å²) in [5.74, 6) is 0.346. The van der Waals surface area contributed by atoms with Gasteiger partial charge >= 0.3 is 0 Å². The van der Waals surface area contributed by atoms with Crippen LogP contribution in [0.25, 0.3) is 0 Å². The van der Waals surface area contributed by atoms with Gasteiger partial charge in [-0.15, -0.1) is 0 Å². The van der Waals surface area contributed by atoms with Crippen LogP contribution in [0.4, 0.5) is 0 Å². The van der Waals surface area contributed by atoms with Gasteiger partial charge in [-0.2, -0.15) is 0 Å². The molecule has 0 bridgehead atoms. The summed E-state index contributed by atoms with van der Waals surface area (Å²) in [6.07, 6.45) is 4.41. The average molecular weight is 238 g/mol. The van der Waals surface area contributed by atoms with Crippen LogP contribution in [0.15, 0.2) is 12.5 Å². The number of imidazole rings is 1. The molecule has 0 saturated heterocycles. The van der Waals surface area contributed by atoms with E-state index in [4.69, 9.17) is 5.73 Å². The third-order valence-corrected chi connectivity index (χ3v) is 3.11. The van der Waals surface area contributed by atoms with Crippen molar-refractivity contribution in [2.24, 2.45) is 11.7 Å². The van der Waals surface area contributed by atoms with Crippen molar-refractivity contribution >= 4 is 5.91 Å². The lowest BCUT2D eigenvalue weighted by atomic mass is 10.0. The van der Waals surface area contributed by atoms with Gasteiger partial charge in [0.05, 0.1) is 6.33 Å². The first-order valence-electron chi connectivity index (χ1n) is 6.11. The Morgan fingerprint density at radius 2 is 2.29 bits per heavy atom. The van der Waals surface area contributed by atoms with Crippen LogP contribution in [0.3, 0.4) is 0 Å². The van der Waals surface area contributed by atoms with Crippen molar-refractivity contribution in [3.05, 3.63) is 18.2 Å². The largest absolute Gasteiger partial charge is 0.348 e. The van der Waals surface area contributed by atoms with E-state index in [1.165, 1.54) is 0 Å². The van der Waals surface area contributed by atoms with Crippen LogP contribution in [0.2, 0.25) is 0 Å². The Labute approximate surface area is 102 Å². The molecule has 2 atom stereocenters. The average Bonchev–Trinajstić information content (AvgIpc) is 2.77. The van der Waals surface area contributed by atoms with Gasteiger partial charge in [0.2, 0.25) is 0 Å². The molecule has 1 amide bonds. The predicted molar refractivity (Wildman–Crippen MR) is 67.7 cm³/mol. The Kier molecular flexibility index (Phi) is 5.15. The van der Waals surface area contributed by atoms with Gasteiger partial charge in [0.1, 0.15) is 5.69 Å². The number of rotatable bonds is 6. The molecule has 5 nitrogen and oxygen atoms in total. The zero-order valence-corrected chi connectivity index (χ0v) is 10.8. The molecule has 0 saturated carbocycles. The molecule has 0 aliphatic carbocycles. The second kappa shape index (κ2) is 6.39. The second-order valence-electron chi connectivity index (χ2n) is 4.43. The minimum absolute atomic E-state index is 0.117. The molecule has 1 heterocycles. The summed E-state index contributed by atoms with van der Waals surface area (Å²) in [6, 6.07) is 0.159. The number of nitrogens with zero attached hydrogens (tertiary/aromatic N) is 2. The van der Waals surface area contributed by atoms with Crippen molar-refractivity contribution in [3.63, 3.8) is 0 Å². The van der Waals surface area contributed by atoms with E-state index in [1.807, 2.05) is 11.5 Å². The van der Waals surface area contributed by atoms with Crippen molar-refractivity contribution in [2.45, 2.75) is 39.8 Å². The number of carbonyl (C=O) groups excluding carboxylic acids is 1. The van der Waals surface area contributed by atoms with Crippen LogP contribution in [0, 0.1) is 5.92 Å². The Balaban J connectivity index is 2.57. The molecule has 0 aliphatic heterocycles. The fraction of sp³-hybridized carbons (Fsp3) is 0.667. The van der Waals surface area contributed by atoms with Crippen molar-refractivity contribution in [1.82, 2.24) is 14.9 Å². The van der Waals surface area contributed by atoms with Gasteiger partial charge in [-0.05, 0) is 12.8 Å². The highest BCUT2D eigenvalue weighted by Gasteiger charge is 2.15. The standard InChI is InChI=1S/C12H22N4O/c1-4-9(2)10(3)15-12(17)11-7-16(6-5-13)8-14-11/h7-10H,4-6,13H2,1-3H3,(H,15,17). The molecule has 1 rings (SSSR count). The van der Waals surface area contributed by atoms with Crippen molar-refractivity contribution in [1.29, 1.82) is 0 Å². The maximum atomic E-state index is 11.9. The molecule has 0 aliphatic rings. The summed E-state index contributed by atoms with van der Waals surface area (Å²) in [4.78, 5) is 15.9. The highest BCUT2D eigenvalue weighted by molar-refractivity contribution is 5.92. The molecular weight excluding hydrogens is 216 g/mol. The van der Waals surface area contributed by atoms with E-state index < -0.39 is 0 Å². The molecule has 0 aromatic carbocycles. The van der Waals surface area contributed by atoms with E-state index in [0.29, 0.717) is 24.7 Å². The predicted octanol–water partition coefficient (Wildman–Crippen LogP) is 1.01. The lowest BCUT2D eigenvalue weighted by Gasteiger charge is -2.19. The Morgan fingerprint density at radius 3 is 2.88 bits per heavy atom. The number of nitrogens with two attached hydrogens (primary N) is 1. The summed E-state index contributed by atoms with van der Waals surface area (Å²) in [5.41, 5.74) is 5.89. The molecule has 2 unspecified atom stereocenters. The quantitative estimate of drug-likeness (QED) is 0.776. The zero-order chi connectivity index (χ0) is 12.8. The van der Waals surface area contributed by atoms with Gasteiger partial charge in [0.15, 0.2) is 0 Å². The SMILES string of the molecule is CCC(C)C(C)NC(=O)c1cn(CCN)cn1. The molecule has 17 heavy (non-hydrogen) atoms. The molecule has 3 N–H and O–H groups in total. The van der Waals surface area contributed by atoms with Crippen LogP contribution >= 0.6 is 0 Å². The van der Waals surface area contributed by atoms with E-state index in [0.717, 1.165) is 6.42 Å². The Hall–Kier alpha value is -1.36. The topological polar surface area (TPSA) is 72.9 Å². The molecule has 1 aromatic heterocycles. The van der Waals surface area contributed by atoms with Crippen molar-refractivity contribution < 1.29 is 4.79 Å². The molecule has 0 radical (unpaired) electrons. The minimum atomic E-state index is -0.117.